The van der Waals surface area contributed by atoms with Crippen molar-refractivity contribution in [3.8, 4) is 0 Å². The molecular formula is C10H14N2O2. The quantitative estimate of drug-likeness (QED) is 0.708. The molecule has 76 valence electrons. The van der Waals surface area contributed by atoms with Crippen molar-refractivity contribution in [2.24, 2.45) is 0 Å². The third kappa shape index (κ3) is 2.09. The molecule has 1 aliphatic rings. The van der Waals surface area contributed by atoms with Crippen molar-refractivity contribution in [2.45, 2.75) is 12.6 Å². The summed E-state index contributed by atoms with van der Waals surface area (Å²) in [5.41, 5.74) is 1.81. The SMILES string of the molecule is OCc1ccc([C@@H]2COCCN2)cn1. The lowest BCUT2D eigenvalue weighted by molar-refractivity contribution is 0.0767. The molecule has 1 saturated heterocycles. The van der Waals surface area contributed by atoms with E-state index in [0.717, 1.165) is 18.7 Å². The molecule has 4 nitrogen and oxygen atoms in total. The van der Waals surface area contributed by atoms with Crippen LogP contribution < -0.4 is 5.32 Å². The Bertz CT molecular complexity index is 281. The Kier molecular flexibility index (Phi) is 3.08. The van der Waals surface area contributed by atoms with Crippen LogP contribution in [-0.4, -0.2) is 29.8 Å². The van der Waals surface area contributed by atoms with Gasteiger partial charge in [0, 0.05) is 12.7 Å². The Morgan fingerprint density at radius 3 is 3.07 bits per heavy atom. The largest absolute Gasteiger partial charge is 0.390 e. The first-order chi connectivity index (χ1) is 6.90. The van der Waals surface area contributed by atoms with E-state index >= 15 is 0 Å². The lowest BCUT2D eigenvalue weighted by atomic mass is 10.1. The van der Waals surface area contributed by atoms with Gasteiger partial charge in [-0.05, 0) is 11.6 Å². The number of hydrogen-bond donors (Lipinski definition) is 2. The average Bonchev–Trinajstić information content (AvgIpc) is 2.30. The van der Waals surface area contributed by atoms with E-state index in [2.05, 4.69) is 10.3 Å². The van der Waals surface area contributed by atoms with Crippen LogP contribution in [0.5, 0.6) is 0 Å². The van der Waals surface area contributed by atoms with Crippen molar-refractivity contribution in [1.82, 2.24) is 10.3 Å². The van der Waals surface area contributed by atoms with E-state index < -0.39 is 0 Å². The van der Waals surface area contributed by atoms with Crippen LogP contribution in [0.3, 0.4) is 0 Å². The summed E-state index contributed by atoms with van der Waals surface area (Å²) in [5.74, 6) is 0. The van der Waals surface area contributed by atoms with Gasteiger partial charge in [-0.25, -0.2) is 0 Å². The molecule has 0 amide bonds. The molecule has 0 unspecified atom stereocenters. The molecular weight excluding hydrogens is 180 g/mol. The topological polar surface area (TPSA) is 54.4 Å². The summed E-state index contributed by atoms with van der Waals surface area (Å²) in [7, 11) is 0. The van der Waals surface area contributed by atoms with Crippen LogP contribution in [0, 0.1) is 0 Å². The van der Waals surface area contributed by atoms with Gasteiger partial charge in [-0.1, -0.05) is 6.07 Å². The van der Waals surface area contributed by atoms with Gasteiger partial charge in [0.1, 0.15) is 0 Å². The Morgan fingerprint density at radius 1 is 1.57 bits per heavy atom. The molecule has 2 N–H and O–H groups in total. The lowest BCUT2D eigenvalue weighted by Gasteiger charge is -2.23. The second-order valence-corrected chi connectivity index (χ2v) is 3.32. The van der Waals surface area contributed by atoms with Gasteiger partial charge >= 0.3 is 0 Å². The predicted molar refractivity (Wildman–Crippen MR) is 51.7 cm³/mol. The summed E-state index contributed by atoms with van der Waals surface area (Å²) in [6.45, 7) is 2.35. The number of aliphatic hydroxyl groups excluding tert-OH is 1. The summed E-state index contributed by atoms with van der Waals surface area (Å²) >= 11 is 0. The number of aliphatic hydroxyl groups is 1. The van der Waals surface area contributed by atoms with Crippen LogP contribution in [0.1, 0.15) is 17.3 Å². The number of ether oxygens (including phenoxy) is 1. The number of pyridine rings is 1. The number of nitrogens with one attached hydrogen (secondary N) is 1. The number of rotatable bonds is 2. The van der Waals surface area contributed by atoms with Crippen LogP contribution in [0.4, 0.5) is 0 Å². The highest BCUT2D eigenvalue weighted by atomic mass is 16.5. The Balaban J connectivity index is 2.07. The van der Waals surface area contributed by atoms with Crippen molar-refractivity contribution < 1.29 is 9.84 Å². The van der Waals surface area contributed by atoms with Crippen molar-refractivity contribution in [3.63, 3.8) is 0 Å². The fourth-order valence-electron chi connectivity index (χ4n) is 1.52. The van der Waals surface area contributed by atoms with Crippen LogP contribution in [0.2, 0.25) is 0 Å². The molecule has 1 aromatic rings. The molecule has 0 aliphatic carbocycles. The maximum Gasteiger partial charge on any atom is 0.0852 e. The number of nitrogens with zero attached hydrogens (tertiary/aromatic N) is 1. The van der Waals surface area contributed by atoms with E-state index in [1.54, 1.807) is 6.20 Å². The first-order valence-corrected chi connectivity index (χ1v) is 4.77. The van der Waals surface area contributed by atoms with Gasteiger partial charge in [0.2, 0.25) is 0 Å². The van der Waals surface area contributed by atoms with Crippen LogP contribution in [0.15, 0.2) is 18.3 Å². The Labute approximate surface area is 82.9 Å². The maximum absolute atomic E-state index is 8.84. The molecule has 2 heterocycles. The monoisotopic (exact) mass is 194 g/mol. The minimum Gasteiger partial charge on any atom is -0.390 e. The highest BCUT2D eigenvalue weighted by Gasteiger charge is 2.14. The molecule has 4 heteroatoms. The van der Waals surface area contributed by atoms with Crippen molar-refractivity contribution in [1.29, 1.82) is 0 Å². The standard InChI is InChI=1S/C10H14N2O2/c13-6-9-2-1-8(5-12-9)10-7-14-4-3-11-10/h1-2,5,10-11,13H,3-4,6-7H2/t10-/m0/s1. The molecule has 0 radical (unpaired) electrons. The Hall–Kier alpha value is -0.970. The summed E-state index contributed by atoms with van der Waals surface area (Å²) in [4.78, 5) is 4.13. The van der Waals surface area contributed by atoms with Gasteiger partial charge < -0.3 is 15.2 Å². The fraction of sp³-hybridized carbons (Fsp3) is 0.500. The van der Waals surface area contributed by atoms with E-state index in [-0.39, 0.29) is 12.6 Å². The zero-order valence-electron chi connectivity index (χ0n) is 7.94. The highest BCUT2D eigenvalue weighted by Crippen LogP contribution is 2.14. The molecule has 2 rings (SSSR count). The minimum absolute atomic E-state index is 0.00508. The molecule has 0 spiro atoms. The zero-order valence-corrected chi connectivity index (χ0v) is 7.94. The molecule has 1 fully saturated rings. The summed E-state index contributed by atoms with van der Waals surface area (Å²) in [5, 5.41) is 12.2. The summed E-state index contributed by atoms with van der Waals surface area (Å²) < 4.78 is 5.35. The second kappa shape index (κ2) is 4.50. The molecule has 0 saturated carbocycles. The lowest BCUT2D eigenvalue weighted by Crippen LogP contribution is -2.34. The van der Waals surface area contributed by atoms with E-state index in [4.69, 9.17) is 9.84 Å². The molecule has 1 aromatic heterocycles. The van der Waals surface area contributed by atoms with E-state index in [1.807, 2.05) is 12.1 Å². The van der Waals surface area contributed by atoms with E-state index in [0.29, 0.717) is 12.3 Å². The first kappa shape index (κ1) is 9.58. The maximum atomic E-state index is 8.84. The number of morpholine rings is 1. The van der Waals surface area contributed by atoms with Crippen molar-refractivity contribution >= 4 is 0 Å². The summed E-state index contributed by atoms with van der Waals surface area (Å²) in [6.07, 6.45) is 1.79. The van der Waals surface area contributed by atoms with Gasteiger partial charge in [-0.3, -0.25) is 4.98 Å². The third-order valence-corrected chi connectivity index (χ3v) is 2.33. The second-order valence-electron chi connectivity index (χ2n) is 3.32. The predicted octanol–water partition coefficient (Wildman–Crippen LogP) is 0.235. The van der Waals surface area contributed by atoms with Crippen LogP contribution in [-0.2, 0) is 11.3 Å². The van der Waals surface area contributed by atoms with Crippen LogP contribution >= 0.6 is 0 Å². The normalized spacial score (nSPS) is 22.2. The highest BCUT2D eigenvalue weighted by molar-refractivity contribution is 5.18. The fourth-order valence-corrected chi connectivity index (χ4v) is 1.52. The average molecular weight is 194 g/mol. The van der Waals surface area contributed by atoms with E-state index in [9.17, 15) is 0 Å². The van der Waals surface area contributed by atoms with Gasteiger partial charge in [0.25, 0.3) is 0 Å². The Morgan fingerprint density at radius 2 is 2.50 bits per heavy atom. The van der Waals surface area contributed by atoms with Crippen molar-refractivity contribution in [2.75, 3.05) is 19.8 Å². The summed E-state index contributed by atoms with van der Waals surface area (Å²) in [6, 6.07) is 4.06. The minimum atomic E-state index is -0.00508. The first-order valence-electron chi connectivity index (χ1n) is 4.77. The molecule has 1 atom stereocenters. The van der Waals surface area contributed by atoms with E-state index in [1.165, 1.54) is 0 Å². The smallest absolute Gasteiger partial charge is 0.0852 e. The third-order valence-electron chi connectivity index (χ3n) is 2.33. The zero-order chi connectivity index (χ0) is 9.80. The number of hydrogen-bond acceptors (Lipinski definition) is 4. The van der Waals surface area contributed by atoms with Gasteiger partial charge in [-0.15, -0.1) is 0 Å². The molecule has 14 heavy (non-hydrogen) atoms. The van der Waals surface area contributed by atoms with Crippen molar-refractivity contribution in [3.05, 3.63) is 29.6 Å². The molecule has 0 bridgehead atoms. The number of aromatic nitrogens is 1. The van der Waals surface area contributed by atoms with Gasteiger partial charge in [-0.2, -0.15) is 0 Å². The van der Waals surface area contributed by atoms with Gasteiger partial charge in [0.05, 0.1) is 31.6 Å². The molecule has 0 aromatic carbocycles. The van der Waals surface area contributed by atoms with Gasteiger partial charge in [0.15, 0.2) is 0 Å². The van der Waals surface area contributed by atoms with Crippen LogP contribution in [0.25, 0.3) is 0 Å². The molecule has 1 aliphatic heterocycles.